The number of benzene rings is 1. The van der Waals surface area contributed by atoms with Gasteiger partial charge in [-0.15, -0.1) is 0 Å². The summed E-state index contributed by atoms with van der Waals surface area (Å²) in [6.45, 7) is 4.12. The summed E-state index contributed by atoms with van der Waals surface area (Å²) in [7, 11) is 2.21. The van der Waals surface area contributed by atoms with E-state index in [4.69, 9.17) is 10.5 Å². The highest BCUT2D eigenvalue weighted by atomic mass is 16.5. The minimum atomic E-state index is 0.115. The van der Waals surface area contributed by atoms with Gasteiger partial charge in [-0.2, -0.15) is 0 Å². The molecule has 106 valence electrons. The zero-order valence-corrected chi connectivity index (χ0v) is 12.1. The molecule has 2 rings (SSSR count). The SMILES string of the molecule is CCC(N)c1cccc(OCCC2CCCN2C)c1. The summed E-state index contributed by atoms with van der Waals surface area (Å²) >= 11 is 0. The summed E-state index contributed by atoms with van der Waals surface area (Å²) in [5.41, 5.74) is 7.21. The smallest absolute Gasteiger partial charge is 0.119 e. The molecule has 0 amide bonds. The Bertz CT molecular complexity index is 394. The Kier molecular flexibility index (Phi) is 5.23. The van der Waals surface area contributed by atoms with Crippen molar-refractivity contribution in [3.8, 4) is 5.75 Å². The van der Waals surface area contributed by atoms with Crippen LogP contribution in [0.3, 0.4) is 0 Å². The molecule has 0 aliphatic carbocycles. The van der Waals surface area contributed by atoms with E-state index < -0.39 is 0 Å². The van der Waals surface area contributed by atoms with Crippen LogP contribution in [-0.2, 0) is 0 Å². The van der Waals surface area contributed by atoms with Crippen LogP contribution in [0.15, 0.2) is 24.3 Å². The van der Waals surface area contributed by atoms with Gasteiger partial charge in [-0.25, -0.2) is 0 Å². The molecule has 1 aromatic carbocycles. The van der Waals surface area contributed by atoms with Crippen LogP contribution in [0.5, 0.6) is 5.75 Å². The number of rotatable bonds is 6. The van der Waals surface area contributed by atoms with Crippen LogP contribution in [0.25, 0.3) is 0 Å². The third-order valence-electron chi connectivity index (χ3n) is 4.12. The third-order valence-corrected chi connectivity index (χ3v) is 4.12. The van der Waals surface area contributed by atoms with Gasteiger partial charge in [-0.1, -0.05) is 19.1 Å². The molecule has 1 fully saturated rings. The van der Waals surface area contributed by atoms with Crippen molar-refractivity contribution in [1.82, 2.24) is 4.90 Å². The molecule has 2 N–H and O–H groups in total. The Morgan fingerprint density at radius 3 is 3.00 bits per heavy atom. The predicted octanol–water partition coefficient (Wildman–Crippen LogP) is 2.96. The molecular weight excluding hydrogens is 236 g/mol. The fourth-order valence-corrected chi connectivity index (χ4v) is 2.73. The maximum absolute atomic E-state index is 6.05. The second kappa shape index (κ2) is 6.92. The van der Waals surface area contributed by atoms with Gasteiger partial charge in [0.1, 0.15) is 5.75 Å². The van der Waals surface area contributed by atoms with Crippen molar-refractivity contribution in [3.05, 3.63) is 29.8 Å². The van der Waals surface area contributed by atoms with E-state index in [0.29, 0.717) is 6.04 Å². The van der Waals surface area contributed by atoms with Crippen LogP contribution in [-0.4, -0.2) is 31.1 Å². The lowest BCUT2D eigenvalue weighted by molar-refractivity contribution is 0.233. The quantitative estimate of drug-likeness (QED) is 0.856. The van der Waals surface area contributed by atoms with Gasteiger partial charge in [0.2, 0.25) is 0 Å². The van der Waals surface area contributed by atoms with Crippen molar-refractivity contribution in [2.45, 2.75) is 44.7 Å². The van der Waals surface area contributed by atoms with E-state index in [2.05, 4.69) is 31.0 Å². The molecular formula is C16H26N2O. The summed E-state index contributed by atoms with van der Waals surface area (Å²) in [6.07, 6.45) is 4.69. The highest BCUT2D eigenvalue weighted by molar-refractivity contribution is 5.30. The van der Waals surface area contributed by atoms with Gasteiger partial charge in [-0.05, 0) is 57.0 Å². The van der Waals surface area contributed by atoms with Gasteiger partial charge in [0.05, 0.1) is 6.61 Å². The largest absolute Gasteiger partial charge is 0.494 e. The minimum absolute atomic E-state index is 0.115. The zero-order chi connectivity index (χ0) is 13.7. The van der Waals surface area contributed by atoms with Crippen LogP contribution >= 0.6 is 0 Å². The molecule has 1 heterocycles. The van der Waals surface area contributed by atoms with E-state index in [-0.39, 0.29) is 6.04 Å². The van der Waals surface area contributed by atoms with Gasteiger partial charge in [0.15, 0.2) is 0 Å². The Labute approximate surface area is 116 Å². The maximum Gasteiger partial charge on any atom is 0.119 e. The Balaban J connectivity index is 1.82. The molecule has 1 aliphatic rings. The van der Waals surface area contributed by atoms with Crippen molar-refractivity contribution in [2.75, 3.05) is 20.2 Å². The minimum Gasteiger partial charge on any atom is -0.494 e. The number of hydrogen-bond donors (Lipinski definition) is 1. The van der Waals surface area contributed by atoms with Crippen LogP contribution in [0.2, 0.25) is 0 Å². The molecule has 3 nitrogen and oxygen atoms in total. The van der Waals surface area contributed by atoms with Gasteiger partial charge >= 0.3 is 0 Å². The molecule has 3 heteroatoms. The summed E-state index contributed by atoms with van der Waals surface area (Å²) in [6, 6.07) is 9.01. The van der Waals surface area contributed by atoms with Crippen LogP contribution in [0.4, 0.5) is 0 Å². The molecule has 0 bridgehead atoms. The molecule has 1 aliphatic heterocycles. The zero-order valence-electron chi connectivity index (χ0n) is 12.1. The lowest BCUT2D eigenvalue weighted by atomic mass is 10.1. The molecule has 0 saturated carbocycles. The fourth-order valence-electron chi connectivity index (χ4n) is 2.73. The number of hydrogen-bond acceptors (Lipinski definition) is 3. The highest BCUT2D eigenvalue weighted by Crippen LogP contribution is 2.21. The number of nitrogens with two attached hydrogens (primary N) is 1. The van der Waals surface area contributed by atoms with E-state index in [1.165, 1.54) is 19.4 Å². The molecule has 19 heavy (non-hydrogen) atoms. The fraction of sp³-hybridized carbons (Fsp3) is 0.625. The monoisotopic (exact) mass is 262 g/mol. The number of nitrogens with zero attached hydrogens (tertiary/aromatic N) is 1. The van der Waals surface area contributed by atoms with E-state index in [0.717, 1.165) is 30.8 Å². The van der Waals surface area contributed by atoms with Crippen molar-refractivity contribution in [2.24, 2.45) is 5.73 Å². The van der Waals surface area contributed by atoms with Crippen molar-refractivity contribution in [3.63, 3.8) is 0 Å². The average Bonchev–Trinajstić information content (AvgIpc) is 2.84. The van der Waals surface area contributed by atoms with Crippen molar-refractivity contribution < 1.29 is 4.74 Å². The summed E-state index contributed by atoms with van der Waals surface area (Å²) in [5.74, 6) is 0.946. The standard InChI is InChI=1S/C16H26N2O/c1-3-16(17)13-6-4-8-15(12-13)19-11-9-14-7-5-10-18(14)2/h4,6,8,12,14,16H,3,5,7,9-11,17H2,1-2H3. The molecule has 1 aromatic rings. The second-order valence-electron chi connectivity index (χ2n) is 5.50. The molecule has 2 atom stereocenters. The van der Waals surface area contributed by atoms with E-state index >= 15 is 0 Å². The van der Waals surface area contributed by atoms with Gasteiger partial charge in [0.25, 0.3) is 0 Å². The van der Waals surface area contributed by atoms with Gasteiger partial charge in [-0.3, -0.25) is 0 Å². The third kappa shape index (κ3) is 3.95. The van der Waals surface area contributed by atoms with E-state index in [1.54, 1.807) is 0 Å². The topological polar surface area (TPSA) is 38.5 Å². The number of likely N-dealkylation sites (tertiary alicyclic amines) is 1. The maximum atomic E-state index is 6.05. The second-order valence-corrected chi connectivity index (χ2v) is 5.50. The first kappa shape index (κ1) is 14.4. The Hall–Kier alpha value is -1.06. The summed E-state index contributed by atoms with van der Waals surface area (Å²) < 4.78 is 5.87. The van der Waals surface area contributed by atoms with Crippen LogP contribution in [0.1, 0.15) is 44.2 Å². The normalized spacial score (nSPS) is 21.5. The molecule has 2 unspecified atom stereocenters. The summed E-state index contributed by atoms with van der Waals surface area (Å²) in [4.78, 5) is 2.44. The first-order valence-electron chi connectivity index (χ1n) is 7.39. The number of ether oxygens (including phenoxy) is 1. The molecule has 0 aromatic heterocycles. The first-order chi connectivity index (χ1) is 9.20. The van der Waals surface area contributed by atoms with Gasteiger partial charge < -0.3 is 15.4 Å². The van der Waals surface area contributed by atoms with E-state index in [1.807, 2.05) is 12.1 Å². The van der Waals surface area contributed by atoms with Crippen molar-refractivity contribution >= 4 is 0 Å². The molecule has 0 radical (unpaired) electrons. The predicted molar refractivity (Wildman–Crippen MR) is 79.4 cm³/mol. The molecule has 0 spiro atoms. The first-order valence-corrected chi connectivity index (χ1v) is 7.39. The average molecular weight is 262 g/mol. The molecule has 1 saturated heterocycles. The van der Waals surface area contributed by atoms with Crippen molar-refractivity contribution in [1.29, 1.82) is 0 Å². The Morgan fingerprint density at radius 1 is 1.47 bits per heavy atom. The van der Waals surface area contributed by atoms with Crippen LogP contribution in [0, 0.1) is 0 Å². The highest BCUT2D eigenvalue weighted by Gasteiger charge is 2.20. The lowest BCUT2D eigenvalue weighted by Crippen LogP contribution is -2.26. The van der Waals surface area contributed by atoms with Gasteiger partial charge in [0, 0.05) is 12.1 Å². The Morgan fingerprint density at radius 2 is 2.32 bits per heavy atom. The van der Waals surface area contributed by atoms with Crippen LogP contribution < -0.4 is 10.5 Å². The van der Waals surface area contributed by atoms with E-state index in [9.17, 15) is 0 Å². The summed E-state index contributed by atoms with van der Waals surface area (Å²) in [5, 5.41) is 0. The lowest BCUT2D eigenvalue weighted by Gasteiger charge is -2.19.